The lowest BCUT2D eigenvalue weighted by molar-refractivity contribution is 0.0712. The van der Waals surface area contributed by atoms with E-state index >= 15 is 0 Å². The number of anilines is 1. The van der Waals surface area contributed by atoms with Gasteiger partial charge in [-0.05, 0) is 43.0 Å². The average Bonchev–Trinajstić information content (AvgIpc) is 2.29. The van der Waals surface area contributed by atoms with Crippen molar-refractivity contribution >= 4 is 5.69 Å². The van der Waals surface area contributed by atoms with Crippen molar-refractivity contribution in [1.29, 1.82) is 0 Å². The second-order valence-corrected chi connectivity index (χ2v) is 4.76. The zero-order valence-electron chi connectivity index (χ0n) is 11.4. The molecule has 1 rings (SSSR count). The molecule has 1 unspecified atom stereocenters. The van der Waals surface area contributed by atoms with Gasteiger partial charge < -0.3 is 15.2 Å². The molecule has 17 heavy (non-hydrogen) atoms. The molecule has 0 spiro atoms. The first-order valence-electron chi connectivity index (χ1n) is 6.01. The van der Waals surface area contributed by atoms with E-state index < -0.39 is 0 Å². The molecule has 0 aliphatic heterocycles. The van der Waals surface area contributed by atoms with Gasteiger partial charge in [0.1, 0.15) is 12.4 Å². The monoisotopic (exact) mass is 237 g/mol. The van der Waals surface area contributed by atoms with Gasteiger partial charge >= 0.3 is 0 Å². The van der Waals surface area contributed by atoms with Crippen LogP contribution in [0.4, 0.5) is 5.69 Å². The number of hydrogen-bond acceptors (Lipinski definition) is 3. The number of ether oxygens (including phenoxy) is 2. The Morgan fingerprint density at radius 1 is 1.24 bits per heavy atom. The molecule has 0 saturated heterocycles. The van der Waals surface area contributed by atoms with Gasteiger partial charge in [0.25, 0.3) is 0 Å². The summed E-state index contributed by atoms with van der Waals surface area (Å²) in [6.07, 6.45) is 0.0906. The lowest BCUT2D eigenvalue weighted by atomic mass is 9.99. The summed E-state index contributed by atoms with van der Waals surface area (Å²) in [6.45, 7) is 8.80. The van der Waals surface area contributed by atoms with Gasteiger partial charge in [-0.15, -0.1) is 0 Å². The van der Waals surface area contributed by atoms with E-state index in [2.05, 4.69) is 13.8 Å². The summed E-state index contributed by atoms with van der Waals surface area (Å²) in [4.78, 5) is 0. The molecule has 3 nitrogen and oxygen atoms in total. The number of nitrogens with two attached hydrogens (primary N) is 1. The molecule has 3 heteroatoms. The second kappa shape index (κ2) is 5.92. The summed E-state index contributed by atoms with van der Waals surface area (Å²) in [7, 11) is 1.69. The minimum atomic E-state index is 0.0906. The fourth-order valence-corrected chi connectivity index (χ4v) is 1.57. The summed E-state index contributed by atoms with van der Waals surface area (Å²) in [5.41, 5.74) is 8.95. The summed E-state index contributed by atoms with van der Waals surface area (Å²) >= 11 is 0. The molecular formula is C14H23NO2. The van der Waals surface area contributed by atoms with Crippen LogP contribution >= 0.6 is 0 Å². The summed E-state index contributed by atoms with van der Waals surface area (Å²) < 4.78 is 11.0. The van der Waals surface area contributed by atoms with Gasteiger partial charge in [-0.2, -0.15) is 0 Å². The van der Waals surface area contributed by atoms with E-state index in [1.807, 2.05) is 26.0 Å². The highest BCUT2D eigenvalue weighted by Crippen LogP contribution is 2.31. The zero-order valence-corrected chi connectivity index (χ0v) is 11.4. The lowest BCUT2D eigenvalue weighted by Gasteiger charge is -2.18. The van der Waals surface area contributed by atoms with E-state index in [1.54, 1.807) is 7.11 Å². The first-order valence-corrected chi connectivity index (χ1v) is 6.01. The Morgan fingerprint density at radius 2 is 1.88 bits per heavy atom. The van der Waals surface area contributed by atoms with Crippen molar-refractivity contribution in [2.75, 3.05) is 19.5 Å². The van der Waals surface area contributed by atoms with Crippen LogP contribution in [0.25, 0.3) is 0 Å². The molecule has 0 bridgehead atoms. The van der Waals surface area contributed by atoms with Crippen molar-refractivity contribution in [3.8, 4) is 5.75 Å². The number of methoxy groups -OCH3 is 1. The highest BCUT2D eigenvalue weighted by atomic mass is 16.5. The maximum atomic E-state index is 5.93. The zero-order chi connectivity index (χ0) is 13.0. The summed E-state index contributed by atoms with van der Waals surface area (Å²) in [5.74, 6) is 1.31. The molecule has 0 aromatic heterocycles. The first kappa shape index (κ1) is 13.8. The van der Waals surface area contributed by atoms with Crippen LogP contribution in [-0.4, -0.2) is 19.8 Å². The smallest absolute Gasteiger partial charge is 0.123 e. The third kappa shape index (κ3) is 3.63. The fraction of sp³-hybridized carbons (Fsp3) is 0.571. The van der Waals surface area contributed by atoms with Crippen LogP contribution in [-0.2, 0) is 4.74 Å². The van der Waals surface area contributed by atoms with Crippen molar-refractivity contribution in [2.24, 2.45) is 0 Å². The molecule has 0 radical (unpaired) electrons. The van der Waals surface area contributed by atoms with Crippen LogP contribution in [0.15, 0.2) is 12.1 Å². The van der Waals surface area contributed by atoms with Gasteiger partial charge in [0, 0.05) is 12.8 Å². The minimum Gasteiger partial charge on any atom is -0.491 e. The van der Waals surface area contributed by atoms with Gasteiger partial charge in [-0.3, -0.25) is 0 Å². The van der Waals surface area contributed by atoms with E-state index in [1.165, 1.54) is 0 Å². The predicted molar refractivity (Wildman–Crippen MR) is 71.6 cm³/mol. The Balaban J connectivity index is 2.92. The van der Waals surface area contributed by atoms with E-state index in [0.29, 0.717) is 12.5 Å². The highest BCUT2D eigenvalue weighted by Gasteiger charge is 2.11. The van der Waals surface area contributed by atoms with E-state index in [0.717, 1.165) is 22.6 Å². The average molecular weight is 237 g/mol. The molecule has 1 aromatic rings. The van der Waals surface area contributed by atoms with E-state index in [-0.39, 0.29) is 6.10 Å². The Hall–Kier alpha value is -1.22. The molecule has 2 N–H and O–H groups in total. The molecule has 0 aliphatic carbocycles. The molecule has 0 amide bonds. The van der Waals surface area contributed by atoms with Gasteiger partial charge in [0.15, 0.2) is 0 Å². The molecule has 0 saturated carbocycles. The quantitative estimate of drug-likeness (QED) is 0.800. The fourth-order valence-electron chi connectivity index (χ4n) is 1.57. The molecule has 0 aliphatic rings. The van der Waals surface area contributed by atoms with Gasteiger partial charge in [-0.1, -0.05) is 13.8 Å². The topological polar surface area (TPSA) is 44.5 Å². The summed E-state index contributed by atoms with van der Waals surface area (Å²) in [6, 6.07) is 4.01. The molecular weight excluding hydrogens is 214 g/mol. The van der Waals surface area contributed by atoms with Crippen LogP contribution in [0.2, 0.25) is 0 Å². The number of hydrogen-bond donors (Lipinski definition) is 1. The van der Waals surface area contributed by atoms with Crippen molar-refractivity contribution in [3.05, 3.63) is 23.3 Å². The largest absolute Gasteiger partial charge is 0.491 e. The Bertz CT molecular complexity index is 375. The van der Waals surface area contributed by atoms with E-state index in [9.17, 15) is 0 Å². The molecule has 96 valence electrons. The molecule has 1 aromatic carbocycles. The number of rotatable bonds is 5. The van der Waals surface area contributed by atoms with Crippen LogP contribution < -0.4 is 10.5 Å². The second-order valence-electron chi connectivity index (χ2n) is 4.76. The maximum Gasteiger partial charge on any atom is 0.123 e. The molecule has 0 heterocycles. The Morgan fingerprint density at radius 3 is 2.41 bits per heavy atom. The Labute approximate surface area is 104 Å². The van der Waals surface area contributed by atoms with Crippen LogP contribution in [0, 0.1) is 6.92 Å². The number of benzene rings is 1. The SMILES string of the molecule is COC(C)COc1cc(C)c(N)cc1C(C)C. The molecule has 1 atom stereocenters. The third-order valence-corrected chi connectivity index (χ3v) is 2.90. The maximum absolute atomic E-state index is 5.93. The van der Waals surface area contributed by atoms with Crippen LogP contribution in [0.3, 0.4) is 0 Å². The highest BCUT2D eigenvalue weighted by molar-refractivity contribution is 5.55. The first-order chi connectivity index (χ1) is 7.95. The predicted octanol–water partition coefficient (Wildman–Crippen LogP) is 3.11. The normalized spacial score (nSPS) is 12.8. The minimum absolute atomic E-state index is 0.0906. The Kier molecular flexibility index (Phi) is 4.82. The van der Waals surface area contributed by atoms with Crippen molar-refractivity contribution in [1.82, 2.24) is 0 Å². The van der Waals surface area contributed by atoms with Crippen LogP contribution in [0.1, 0.15) is 37.8 Å². The van der Waals surface area contributed by atoms with E-state index in [4.69, 9.17) is 15.2 Å². The third-order valence-electron chi connectivity index (χ3n) is 2.90. The molecule has 0 fully saturated rings. The standard InChI is InChI=1S/C14H23NO2/c1-9(2)12-7-13(15)10(3)6-14(12)17-8-11(4)16-5/h6-7,9,11H,8,15H2,1-5H3. The van der Waals surface area contributed by atoms with Crippen LogP contribution in [0.5, 0.6) is 5.75 Å². The summed E-state index contributed by atoms with van der Waals surface area (Å²) in [5, 5.41) is 0. The van der Waals surface area contributed by atoms with Crippen molar-refractivity contribution < 1.29 is 9.47 Å². The number of aryl methyl sites for hydroxylation is 1. The van der Waals surface area contributed by atoms with Crippen molar-refractivity contribution in [3.63, 3.8) is 0 Å². The van der Waals surface area contributed by atoms with Crippen molar-refractivity contribution in [2.45, 2.75) is 39.7 Å². The van der Waals surface area contributed by atoms with Gasteiger partial charge in [-0.25, -0.2) is 0 Å². The number of nitrogen functional groups attached to an aromatic ring is 1. The van der Waals surface area contributed by atoms with Gasteiger partial charge in [0.2, 0.25) is 0 Å². The van der Waals surface area contributed by atoms with Gasteiger partial charge in [0.05, 0.1) is 6.10 Å². The lowest BCUT2D eigenvalue weighted by Crippen LogP contribution is -2.17.